The normalized spacial score (nSPS) is 12.7. The molecule has 0 aliphatic heterocycles. The number of hydrogen-bond donors (Lipinski definition) is 0. The second-order valence-corrected chi connectivity index (χ2v) is 6.58. The molecule has 8 heteroatoms. The Morgan fingerprint density at radius 1 is 1.33 bits per heavy atom. The smallest absolute Gasteiger partial charge is 0.420 e. The Morgan fingerprint density at radius 2 is 1.95 bits per heavy atom. The van der Waals surface area contributed by atoms with Crippen molar-refractivity contribution in [3.8, 4) is 0 Å². The van der Waals surface area contributed by atoms with Crippen LogP contribution in [0.25, 0.3) is 11.0 Å². The maximum Gasteiger partial charge on any atom is 0.420 e. The molecule has 2 aromatic rings. The van der Waals surface area contributed by atoms with Crippen molar-refractivity contribution in [1.29, 1.82) is 0 Å². The van der Waals surface area contributed by atoms with E-state index in [4.69, 9.17) is 4.74 Å². The van der Waals surface area contributed by atoms with Crippen LogP contribution in [-0.4, -0.2) is 21.2 Å². The Labute approximate surface area is 132 Å². The van der Waals surface area contributed by atoms with Crippen molar-refractivity contribution in [2.45, 2.75) is 32.5 Å². The summed E-state index contributed by atoms with van der Waals surface area (Å²) in [7, 11) is 0. The van der Waals surface area contributed by atoms with Crippen molar-refractivity contribution in [3.63, 3.8) is 0 Å². The Balaban J connectivity index is 2.52. The number of ether oxygens (including phenoxy) is 1. The van der Waals surface area contributed by atoms with E-state index in [1.54, 1.807) is 20.8 Å². The zero-order valence-electron chi connectivity index (χ0n) is 11.5. The number of hydrogen-bond acceptors (Lipinski definition) is 3. The van der Waals surface area contributed by atoms with Crippen LogP contribution in [0.2, 0.25) is 0 Å². The van der Waals surface area contributed by atoms with Gasteiger partial charge >= 0.3 is 12.3 Å². The summed E-state index contributed by atoms with van der Waals surface area (Å²) in [5, 5.41) is 0.260. The number of carbonyl (C=O) groups excluding carboxylic acids is 1. The first-order valence-electron chi connectivity index (χ1n) is 5.96. The lowest BCUT2D eigenvalue weighted by molar-refractivity contribution is -0.137. The minimum absolute atomic E-state index is 0.140. The maximum absolute atomic E-state index is 12.7. The molecule has 2 heterocycles. The summed E-state index contributed by atoms with van der Waals surface area (Å²) >= 11 is 1.86. The van der Waals surface area contributed by atoms with E-state index in [9.17, 15) is 18.0 Å². The average molecular weight is 412 g/mol. The molecule has 0 amide bonds. The summed E-state index contributed by atoms with van der Waals surface area (Å²) in [6.07, 6.45) is -3.04. The first-order chi connectivity index (χ1) is 9.49. The number of halogens is 4. The van der Waals surface area contributed by atoms with Gasteiger partial charge < -0.3 is 4.74 Å². The summed E-state index contributed by atoms with van der Waals surface area (Å²) in [6, 6.07) is 0.977. The fourth-order valence-corrected chi connectivity index (χ4v) is 2.35. The molecule has 2 rings (SSSR count). The van der Waals surface area contributed by atoms with Crippen molar-refractivity contribution in [1.82, 2.24) is 9.55 Å². The molecule has 0 spiro atoms. The Morgan fingerprint density at radius 3 is 2.48 bits per heavy atom. The highest BCUT2D eigenvalue weighted by molar-refractivity contribution is 14.1. The molecule has 0 aliphatic rings. The number of aromatic nitrogens is 2. The van der Waals surface area contributed by atoms with E-state index in [2.05, 4.69) is 4.98 Å². The molecule has 21 heavy (non-hydrogen) atoms. The third-order valence-electron chi connectivity index (χ3n) is 2.51. The fraction of sp³-hybridized carbons (Fsp3) is 0.385. The van der Waals surface area contributed by atoms with E-state index in [0.717, 1.165) is 10.6 Å². The molecule has 0 N–H and O–H groups in total. The van der Waals surface area contributed by atoms with Crippen LogP contribution in [0, 0.1) is 3.57 Å². The minimum Gasteiger partial charge on any atom is -0.443 e. The van der Waals surface area contributed by atoms with Gasteiger partial charge in [0.15, 0.2) is 5.65 Å². The molecule has 0 saturated carbocycles. The number of alkyl halides is 3. The summed E-state index contributed by atoms with van der Waals surface area (Å²) in [6.45, 7) is 5.12. The molecule has 4 nitrogen and oxygen atoms in total. The Bertz CT molecular complexity index is 702. The standard InChI is InChI=1S/C13H12F3IN2O2/c1-12(2,3)21-11(20)19-6-9(17)8-4-7(13(14,15)16)5-18-10(8)19/h4-6H,1-3H3. The van der Waals surface area contributed by atoms with Gasteiger partial charge in [0.1, 0.15) is 5.60 Å². The van der Waals surface area contributed by atoms with Gasteiger partial charge in [-0.15, -0.1) is 0 Å². The molecular weight excluding hydrogens is 400 g/mol. The molecule has 0 atom stereocenters. The number of fused-ring (bicyclic) bond motifs is 1. The molecule has 0 saturated heterocycles. The van der Waals surface area contributed by atoms with Crippen LogP contribution in [0.15, 0.2) is 18.5 Å². The zero-order chi connectivity index (χ0) is 16.0. The minimum atomic E-state index is -4.47. The molecule has 0 aliphatic carbocycles. The van der Waals surface area contributed by atoms with Gasteiger partial charge in [-0.05, 0) is 49.4 Å². The fourth-order valence-electron chi connectivity index (χ4n) is 1.67. The van der Waals surface area contributed by atoms with Gasteiger partial charge in [0, 0.05) is 21.4 Å². The summed E-state index contributed by atoms with van der Waals surface area (Å²) < 4.78 is 44.9. The molecule has 0 fully saturated rings. The van der Waals surface area contributed by atoms with Crippen molar-refractivity contribution < 1.29 is 22.7 Å². The third kappa shape index (κ3) is 3.47. The number of rotatable bonds is 0. The summed E-state index contributed by atoms with van der Waals surface area (Å²) in [5.74, 6) is 0. The van der Waals surface area contributed by atoms with Crippen molar-refractivity contribution in [2.24, 2.45) is 0 Å². The van der Waals surface area contributed by atoms with Gasteiger partial charge in [0.25, 0.3) is 0 Å². The summed E-state index contributed by atoms with van der Waals surface area (Å²) in [5.41, 5.74) is -1.41. The predicted octanol–water partition coefficient (Wildman–Crippen LogP) is 4.44. The second-order valence-electron chi connectivity index (χ2n) is 5.42. The Hall–Kier alpha value is -1.32. The maximum atomic E-state index is 12.7. The van der Waals surface area contributed by atoms with Crippen LogP contribution in [0.4, 0.5) is 18.0 Å². The highest BCUT2D eigenvalue weighted by Crippen LogP contribution is 2.32. The van der Waals surface area contributed by atoms with Crippen LogP contribution in [0.1, 0.15) is 26.3 Å². The van der Waals surface area contributed by atoms with E-state index in [-0.39, 0.29) is 11.0 Å². The molecule has 0 unspecified atom stereocenters. The first kappa shape index (κ1) is 16.1. The zero-order valence-corrected chi connectivity index (χ0v) is 13.6. The number of carbonyl (C=O) groups is 1. The van der Waals surface area contributed by atoms with Crippen LogP contribution < -0.4 is 0 Å². The summed E-state index contributed by atoms with van der Waals surface area (Å²) in [4.78, 5) is 15.8. The van der Waals surface area contributed by atoms with Gasteiger partial charge in [-0.25, -0.2) is 14.3 Å². The van der Waals surface area contributed by atoms with Crippen LogP contribution in [0.3, 0.4) is 0 Å². The third-order valence-corrected chi connectivity index (χ3v) is 3.37. The van der Waals surface area contributed by atoms with Crippen LogP contribution >= 0.6 is 22.6 Å². The van der Waals surface area contributed by atoms with Gasteiger partial charge in [-0.1, -0.05) is 0 Å². The van der Waals surface area contributed by atoms with E-state index < -0.39 is 23.4 Å². The molecule has 0 radical (unpaired) electrons. The van der Waals surface area contributed by atoms with Crippen molar-refractivity contribution in [2.75, 3.05) is 0 Å². The monoisotopic (exact) mass is 412 g/mol. The molecule has 0 bridgehead atoms. The second kappa shape index (κ2) is 5.15. The molecular formula is C13H12F3IN2O2. The quantitative estimate of drug-likeness (QED) is 0.601. The van der Waals surface area contributed by atoms with E-state index >= 15 is 0 Å². The lowest BCUT2D eigenvalue weighted by atomic mass is 10.2. The Kier molecular flexibility index (Phi) is 3.94. The van der Waals surface area contributed by atoms with Gasteiger partial charge in [0.2, 0.25) is 0 Å². The highest BCUT2D eigenvalue weighted by Gasteiger charge is 2.32. The highest BCUT2D eigenvalue weighted by atomic mass is 127. The lowest BCUT2D eigenvalue weighted by Crippen LogP contribution is -2.26. The SMILES string of the molecule is CC(C)(C)OC(=O)n1cc(I)c2cc(C(F)(F)F)cnc21. The van der Waals surface area contributed by atoms with Gasteiger partial charge in [-0.3, -0.25) is 0 Å². The lowest BCUT2D eigenvalue weighted by Gasteiger charge is -2.19. The topological polar surface area (TPSA) is 44.1 Å². The molecule has 2 aromatic heterocycles. The predicted molar refractivity (Wildman–Crippen MR) is 79.1 cm³/mol. The number of nitrogens with zero attached hydrogens (tertiary/aromatic N) is 2. The van der Waals surface area contributed by atoms with E-state index in [1.807, 2.05) is 22.6 Å². The van der Waals surface area contributed by atoms with Gasteiger partial charge in [-0.2, -0.15) is 13.2 Å². The number of pyridine rings is 1. The molecule has 114 valence electrons. The average Bonchev–Trinajstić information content (AvgIpc) is 2.63. The van der Waals surface area contributed by atoms with Gasteiger partial charge in [0.05, 0.1) is 5.56 Å². The largest absolute Gasteiger partial charge is 0.443 e. The van der Waals surface area contributed by atoms with Crippen molar-refractivity contribution >= 4 is 39.7 Å². The van der Waals surface area contributed by atoms with Crippen LogP contribution in [0.5, 0.6) is 0 Å². The van der Waals surface area contributed by atoms with E-state index in [0.29, 0.717) is 9.77 Å². The van der Waals surface area contributed by atoms with Crippen LogP contribution in [-0.2, 0) is 10.9 Å². The van der Waals surface area contributed by atoms with Crippen molar-refractivity contribution in [3.05, 3.63) is 27.6 Å². The molecule has 0 aromatic carbocycles. The van der Waals surface area contributed by atoms with E-state index in [1.165, 1.54) is 6.20 Å². The first-order valence-corrected chi connectivity index (χ1v) is 7.04.